The van der Waals surface area contributed by atoms with Crippen molar-refractivity contribution in [3.63, 3.8) is 0 Å². The van der Waals surface area contributed by atoms with Gasteiger partial charge >= 0.3 is 0 Å². The van der Waals surface area contributed by atoms with E-state index < -0.39 is 0 Å². The minimum Gasteiger partial charge on any atom is -0.460 e. The molecule has 0 fully saturated rings. The van der Waals surface area contributed by atoms with Gasteiger partial charge in [0.2, 0.25) is 0 Å². The number of rotatable bonds is 13. The highest BCUT2D eigenvalue weighted by Crippen LogP contribution is 2.27. The van der Waals surface area contributed by atoms with Crippen LogP contribution in [0.3, 0.4) is 0 Å². The third kappa shape index (κ3) is 8.93. The molecule has 0 radical (unpaired) electrons. The molecule has 228 valence electrons. The van der Waals surface area contributed by atoms with Gasteiger partial charge in [0.25, 0.3) is 5.91 Å². The smallest absolute Gasteiger partial charge is 0.253 e. The van der Waals surface area contributed by atoms with Gasteiger partial charge in [-0.3, -0.25) is 4.79 Å². The van der Waals surface area contributed by atoms with Crippen LogP contribution in [0.15, 0.2) is 114 Å². The van der Waals surface area contributed by atoms with Crippen molar-refractivity contribution in [1.29, 1.82) is 5.26 Å². The molecule has 2 atom stereocenters. The quantitative estimate of drug-likeness (QED) is 0.126. The van der Waals surface area contributed by atoms with Gasteiger partial charge in [0.1, 0.15) is 11.5 Å². The van der Waals surface area contributed by atoms with Gasteiger partial charge < -0.3 is 20.4 Å². The topological polar surface area (TPSA) is 90.1 Å². The summed E-state index contributed by atoms with van der Waals surface area (Å²) in [4.78, 5) is 13.6. The molecule has 0 saturated carbocycles. The number of hydrogen-bond acceptors (Lipinski definition) is 5. The monoisotopic (exact) mass is 616 g/mol. The number of amides is 1. The summed E-state index contributed by atoms with van der Waals surface area (Å²) >= 11 is 6.55. The summed E-state index contributed by atoms with van der Waals surface area (Å²) in [5, 5.41) is 19.7. The summed E-state index contributed by atoms with van der Waals surface area (Å²) in [5.74, 6) is 1.21. The van der Waals surface area contributed by atoms with Crippen LogP contribution in [0.1, 0.15) is 56.9 Å². The lowest BCUT2D eigenvalue weighted by atomic mass is 10.0. The Labute approximate surface area is 270 Å². The number of aryl methyl sites for hydroxylation is 1. The van der Waals surface area contributed by atoms with Crippen LogP contribution in [-0.4, -0.2) is 18.5 Å². The molecule has 0 aliphatic rings. The van der Waals surface area contributed by atoms with Crippen molar-refractivity contribution in [2.75, 3.05) is 6.54 Å². The molecule has 0 aliphatic carbocycles. The van der Waals surface area contributed by atoms with E-state index >= 15 is 0 Å². The van der Waals surface area contributed by atoms with Gasteiger partial charge in [0.15, 0.2) is 0 Å². The van der Waals surface area contributed by atoms with Crippen LogP contribution >= 0.6 is 11.6 Å². The molecule has 5 aromatic rings. The highest BCUT2D eigenvalue weighted by molar-refractivity contribution is 6.34. The fourth-order valence-electron chi connectivity index (χ4n) is 5.13. The van der Waals surface area contributed by atoms with Crippen molar-refractivity contribution in [1.82, 2.24) is 16.0 Å². The molecular formula is C38H37ClN4O2. The fourth-order valence-corrected chi connectivity index (χ4v) is 5.33. The van der Waals surface area contributed by atoms with E-state index in [1.54, 1.807) is 24.3 Å². The first-order valence-corrected chi connectivity index (χ1v) is 15.5. The average Bonchev–Trinajstić information content (AvgIpc) is 3.54. The first kappa shape index (κ1) is 31.7. The van der Waals surface area contributed by atoms with Crippen LogP contribution in [0.5, 0.6) is 0 Å². The summed E-state index contributed by atoms with van der Waals surface area (Å²) < 4.78 is 6.15. The average molecular weight is 617 g/mol. The van der Waals surface area contributed by atoms with Gasteiger partial charge in [-0.15, -0.1) is 0 Å². The minimum absolute atomic E-state index is 0.171. The first-order chi connectivity index (χ1) is 21.9. The van der Waals surface area contributed by atoms with Crippen LogP contribution in [0.2, 0.25) is 5.02 Å². The van der Waals surface area contributed by atoms with Gasteiger partial charge in [-0.2, -0.15) is 5.26 Å². The molecule has 1 aromatic heterocycles. The molecule has 0 aliphatic heterocycles. The van der Waals surface area contributed by atoms with Gasteiger partial charge in [0.05, 0.1) is 28.8 Å². The van der Waals surface area contributed by atoms with E-state index in [4.69, 9.17) is 16.0 Å². The largest absolute Gasteiger partial charge is 0.460 e. The van der Waals surface area contributed by atoms with E-state index in [1.807, 2.05) is 48.5 Å². The molecule has 2 unspecified atom stereocenters. The number of nitriles is 1. The highest BCUT2D eigenvalue weighted by Gasteiger charge is 2.19. The number of furan rings is 1. The molecule has 6 nitrogen and oxygen atoms in total. The van der Waals surface area contributed by atoms with E-state index in [1.165, 1.54) is 11.1 Å². The standard InChI is InChI=1S/C38H37ClN4O2/c1-26-8-14-31(15-9-26)27(2)42-25-34-17-19-37(45-34)32-16-18-36(39)35(21-32)38(44)43-33(20-28-10-12-29(22-40)13-11-28)24-41-23-30-6-4-3-5-7-30/h3-19,21,27,33,41-42H,20,23-25H2,1-2H3,(H,43,44). The normalized spacial score (nSPS) is 12.3. The molecule has 1 heterocycles. The van der Waals surface area contributed by atoms with Gasteiger partial charge in [-0.25, -0.2) is 0 Å². The Kier molecular flexibility index (Phi) is 10.8. The number of carbonyl (C=O) groups is 1. The van der Waals surface area contributed by atoms with Crippen LogP contribution in [0, 0.1) is 18.3 Å². The van der Waals surface area contributed by atoms with E-state index in [9.17, 15) is 10.1 Å². The molecule has 45 heavy (non-hydrogen) atoms. The van der Waals surface area contributed by atoms with Crippen molar-refractivity contribution in [3.05, 3.63) is 153 Å². The van der Waals surface area contributed by atoms with Crippen LogP contribution in [-0.2, 0) is 19.5 Å². The highest BCUT2D eigenvalue weighted by atomic mass is 35.5. The third-order valence-corrected chi connectivity index (χ3v) is 8.11. The summed E-state index contributed by atoms with van der Waals surface area (Å²) in [6.45, 7) is 6.01. The molecule has 7 heteroatoms. The molecule has 0 bridgehead atoms. The van der Waals surface area contributed by atoms with Crippen molar-refractivity contribution >= 4 is 17.5 Å². The van der Waals surface area contributed by atoms with Crippen molar-refractivity contribution in [2.45, 2.75) is 45.4 Å². The van der Waals surface area contributed by atoms with E-state index in [-0.39, 0.29) is 18.0 Å². The SMILES string of the molecule is Cc1ccc(C(C)NCc2ccc(-c3ccc(Cl)c(C(=O)NC(CNCc4ccccc4)Cc4ccc(C#N)cc4)c3)o2)cc1. The Morgan fingerprint density at radius 1 is 0.889 bits per heavy atom. The molecule has 4 aromatic carbocycles. The van der Waals surface area contributed by atoms with E-state index in [2.05, 4.69) is 72.3 Å². The second kappa shape index (κ2) is 15.4. The maximum Gasteiger partial charge on any atom is 0.253 e. The van der Waals surface area contributed by atoms with Crippen molar-refractivity contribution < 1.29 is 9.21 Å². The van der Waals surface area contributed by atoms with E-state index in [0.717, 1.165) is 22.5 Å². The number of nitrogens with one attached hydrogen (secondary N) is 3. The zero-order chi connectivity index (χ0) is 31.6. The van der Waals surface area contributed by atoms with Crippen molar-refractivity contribution in [2.24, 2.45) is 0 Å². The molecule has 0 spiro atoms. The summed E-state index contributed by atoms with van der Waals surface area (Å²) in [7, 11) is 0. The summed E-state index contributed by atoms with van der Waals surface area (Å²) in [5.41, 5.74) is 6.39. The Bertz CT molecular complexity index is 1740. The Morgan fingerprint density at radius 2 is 1.64 bits per heavy atom. The lowest BCUT2D eigenvalue weighted by molar-refractivity contribution is 0.0936. The second-order valence-electron chi connectivity index (χ2n) is 11.3. The van der Waals surface area contributed by atoms with Crippen LogP contribution in [0.25, 0.3) is 11.3 Å². The molecular weight excluding hydrogens is 580 g/mol. The number of nitrogens with zero attached hydrogens (tertiary/aromatic N) is 1. The molecule has 5 rings (SSSR count). The Balaban J connectivity index is 1.26. The van der Waals surface area contributed by atoms with Gasteiger partial charge in [0, 0.05) is 30.7 Å². The maximum atomic E-state index is 13.6. The Morgan fingerprint density at radius 3 is 2.38 bits per heavy atom. The fraction of sp³-hybridized carbons (Fsp3) is 0.211. The van der Waals surface area contributed by atoms with Crippen LogP contribution < -0.4 is 16.0 Å². The number of benzene rings is 4. The third-order valence-electron chi connectivity index (χ3n) is 7.78. The zero-order valence-corrected chi connectivity index (χ0v) is 26.3. The van der Waals surface area contributed by atoms with Crippen LogP contribution in [0.4, 0.5) is 0 Å². The molecule has 0 saturated heterocycles. The summed E-state index contributed by atoms with van der Waals surface area (Å²) in [6.07, 6.45) is 0.589. The number of halogens is 1. The second-order valence-corrected chi connectivity index (χ2v) is 11.7. The predicted octanol–water partition coefficient (Wildman–Crippen LogP) is 7.76. The first-order valence-electron chi connectivity index (χ1n) is 15.1. The number of carbonyl (C=O) groups excluding carboxylic acids is 1. The molecule has 1 amide bonds. The number of hydrogen-bond donors (Lipinski definition) is 3. The van der Waals surface area contributed by atoms with Gasteiger partial charge in [-0.1, -0.05) is 83.9 Å². The lowest BCUT2D eigenvalue weighted by Crippen LogP contribution is -2.43. The van der Waals surface area contributed by atoms with Crippen molar-refractivity contribution in [3.8, 4) is 17.4 Å². The van der Waals surface area contributed by atoms with E-state index in [0.29, 0.717) is 48.0 Å². The maximum absolute atomic E-state index is 13.6. The zero-order valence-electron chi connectivity index (χ0n) is 25.5. The Hall–Kier alpha value is -4.67. The predicted molar refractivity (Wildman–Crippen MR) is 180 cm³/mol. The van der Waals surface area contributed by atoms with Gasteiger partial charge in [-0.05, 0) is 79.4 Å². The lowest BCUT2D eigenvalue weighted by Gasteiger charge is -2.20. The summed E-state index contributed by atoms with van der Waals surface area (Å²) in [6, 6.07) is 37.4. The minimum atomic E-state index is -0.262. The molecule has 3 N–H and O–H groups in total.